The fourth-order valence-electron chi connectivity index (χ4n) is 2.34. The molecule has 1 aromatic carbocycles. The molecule has 0 saturated carbocycles. The van der Waals surface area contributed by atoms with Gasteiger partial charge in [-0.15, -0.1) is 0 Å². The summed E-state index contributed by atoms with van der Waals surface area (Å²) < 4.78 is 32.7. The molecular formula is C15H20N2O3S. The van der Waals surface area contributed by atoms with Gasteiger partial charge in [-0.2, -0.15) is 4.31 Å². The SMILES string of the molecule is CCC1COCCN1S(=O)(=O)c1ccccc1C#CCN. The van der Waals surface area contributed by atoms with Crippen molar-refractivity contribution in [3.63, 3.8) is 0 Å². The van der Waals surface area contributed by atoms with E-state index in [1.165, 1.54) is 4.31 Å². The molecule has 1 atom stereocenters. The number of rotatable bonds is 3. The summed E-state index contributed by atoms with van der Waals surface area (Å²) >= 11 is 0. The van der Waals surface area contributed by atoms with Crippen molar-refractivity contribution in [1.29, 1.82) is 0 Å². The number of ether oxygens (including phenoxy) is 1. The largest absolute Gasteiger partial charge is 0.378 e. The van der Waals surface area contributed by atoms with Crippen LogP contribution in [-0.4, -0.2) is 45.1 Å². The first-order chi connectivity index (χ1) is 10.1. The summed E-state index contributed by atoms with van der Waals surface area (Å²) in [6.07, 6.45) is 0.718. The summed E-state index contributed by atoms with van der Waals surface area (Å²) in [6.45, 7) is 3.39. The van der Waals surface area contributed by atoms with E-state index in [1.807, 2.05) is 6.92 Å². The Morgan fingerprint density at radius 3 is 2.90 bits per heavy atom. The minimum Gasteiger partial charge on any atom is -0.378 e. The van der Waals surface area contributed by atoms with Crippen LogP contribution in [0.1, 0.15) is 18.9 Å². The number of hydrogen-bond acceptors (Lipinski definition) is 4. The Labute approximate surface area is 126 Å². The fraction of sp³-hybridized carbons (Fsp3) is 0.467. The Morgan fingerprint density at radius 2 is 2.19 bits per heavy atom. The van der Waals surface area contributed by atoms with Gasteiger partial charge >= 0.3 is 0 Å². The lowest BCUT2D eigenvalue weighted by molar-refractivity contribution is 0.0314. The predicted molar refractivity (Wildman–Crippen MR) is 81.2 cm³/mol. The molecule has 1 saturated heterocycles. The lowest BCUT2D eigenvalue weighted by Crippen LogP contribution is -2.48. The monoisotopic (exact) mass is 308 g/mol. The van der Waals surface area contributed by atoms with Gasteiger partial charge < -0.3 is 10.5 Å². The molecule has 2 N–H and O–H groups in total. The lowest BCUT2D eigenvalue weighted by atomic mass is 10.2. The molecule has 1 aromatic rings. The van der Waals surface area contributed by atoms with Crippen LogP contribution in [0.4, 0.5) is 0 Å². The molecule has 0 aromatic heterocycles. The van der Waals surface area contributed by atoms with Gasteiger partial charge in [0.25, 0.3) is 0 Å². The highest BCUT2D eigenvalue weighted by molar-refractivity contribution is 7.89. The summed E-state index contributed by atoms with van der Waals surface area (Å²) in [5, 5.41) is 0. The van der Waals surface area contributed by atoms with Crippen LogP contribution in [0.15, 0.2) is 29.2 Å². The van der Waals surface area contributed by atoms with Gasteiger partial charge in [0.05, 0.1) is 24.7 Å². The number of morpholine rings is 1. The van der Waals surface area contributed by atoms with Crippen LogP contribution in [0.2, 0.25) is 0 Å². The molecular weight excluding hydrogens is 288 g/mol. The second kappa shape index (κ2) is 7.05. The Balaban J connectivity index is 2.44. The van der Waals surface area contributed by atoms with Crippen LogP contribution in [0, 0.1) is 11.8 Å². The van der Waals surface area contributed by atoms with E-state index in [0.29, 0.717) is 25.3 Å². The molecule has 114 valence electrons. The number of benzene rings is 1. The molecule has 1 heterocycles. The van der Waals surface area contributed by atoms with Gasteiger partial charge in [-0.3, -0.25) is 0 Å². The maximum absolute atomic E-state index is 12.9. The highest BCUT2D eigenvalue weighted by Crippen LogP contribution is 2.24. The molecule has 1 aliphatic rings. The van der Waals surface area contributed by atoms with Crippen LogP contribution in [0.25, 0.3) is 0 Å². The smallest absolute Gasteiger partial charge is 0.244 e. The Bertz CT molecular complexity index is 646. The number of nitrogens with two attached hydrogens (primary N) is 1. The maximum atomic E-state index is 12.9. The molecule has 0 bridgehead atoms. The van der Waals surface area contributed by atoms with E-state index in [9.17, 15) is 8.42 Å². The average molecular weight is 308 g/mol. The first-order valence-corrected chi connectivity index (χ1v) is 8.42. The van der Waals surface area contributed by atoms with Gasteiger partial charge in [-0.25, -0.2) is 8.42 Å². The van der Waals surface area contributed by atoms with Crippen molar-refractivity contribution in [1.82, 2.24) is 4.31 Å². The van der Waals surface area contributed by atoms with Crippen LogP contribution >= 0.6 is 0 Å². The van der Waals surface area contributed by atoms with Gasteiger partial charge in [-0.1, -0.05) is 30.9 Å². The van der Waals surface area contributed by atoms with Crippen molar-refractivity contribution in [2.75, 3.05) is 26.3 Å². The topological polar surface area (TPSA) is 72.6 Å². The van der Waals surface area contributed by atoms with Crippen molar-refractivity contribution in [2.24, 2.45) is 5.73 Å². The molecule has 21 heavy (non-hydrogen) atoms. The fourth-order valence-corrected chi connectivity index (χ4v) is 4.16. The zero-order chi connectivity index (χ0) is 15.3. The summed E-state index contributed by atoms with van der Waals surface area (Å²) in [7, 11) is -3.57. The quantitative estimate of drug-likeness (QED) is 0.838. The lowest BCUT2D eigenvalue weighted by Gasteiger charge is -2.34. The van der Waals surface area contributed by atoms with E-state index in [0.717, 1.165) is 6.42 Å². The third kappa shape index (κ3) is 3.44. The predicted octanol–water partition coefficient (Wildman–Crippen LogP) is 0.796. The Morgan fingerprint density at radius 1 is 1.43 bits per heavy atom. The molecule has 1 aliphatic heterocycles. The van der Waals surface area contributed by atoms with Gasteiger partial charge in [0.1, 0.15) is 0 Å². The minimum absolute atomic E-state index is 0.126. The third-order valence-electron chi connectivity index (χ3n) is 3.44. The molecule has 0 radical (unpaired) electrons. The van der Waals surface area contributed by atoms with Crippen molar-refractivity contribution < 1.29 is 13.2 Å². The second-order valence-corrected chi connectivity index (χ2v) is 6.61. The average Bonchev–Trinajstić information content (AvgIpc) is 2.53. The minimum atomic E-state index is -3.57. The number of sulfonamides is 1. The van der Waals surface area contributed by atoms with E-state index in [4.69, 9.17) is 10.5 Å². The molecule has 6 heteroatoms. The van der Waals surface area contributed by atoms with Crippen LogP contribution in [0.5, 0.6) is 0 Å². The highest BCUT2D eigenvalue weighted by Gasteiger charge is 2.34. The second-order valence-electron chi connectivity index (χ2n) is 4.75. The van der Waals surface area contributed by atoms with Crippen molar-refractivity contribution in [3.05, 3.63) is 29.8 Å². The summed E-state index contributed by atoms with van der Waals surface area (Å²) in [6, 6.07) is 6.66. The molecule has 5 nitrogen and oxygen atoms in total. The molecule has 1 unspecified atom stereocenters. The van der Waals surface area contributed by atoms with E-state index in [2.05, 4.69) is 11.8 Å². The summed E-state index contributed by atoms with van der Waals surface area (Å²) in [5.74, 6) is 5.55. The van der Waals surface area contributed by atoms with Crippen molar-refractivity contribution >= 4 is 10.0 Å². The summed E-state index contributed by atoms with van der Waals surface area (Å²) in [5.41, 5.74) is 5.86. The first kappa shape index (κ1) is 16.0. The van der Waals surface area contributed by atoms with Crippen molar-refractivity contribution in [2.45, 2.75) is 24.3 Å². The molecule has 2 rings (SSSR count). The molecule has 0 spiro atoms. The normalized spacial score (nSPS) is 19.8. The maximum Gasteiger partial charge on any atom is 0.244 e. The van der Waals surface area contributed by atoms with Crippen molar-refractivity contribution in [3.8, 4) is 11.8 Å². The third-order valence-corrected chi connectivity index (χ3v) is 5.45. The van der Waals surface area contributed by atoms with E-state index in [1.54, 1.807) is 24.3 Å². The van der Waals surface area contributed by atoms with Gasteiger partial charge in [0.2, 0.25) is 10.0 Å². The van der Waals surface area contributed by atoms with E-state index in [-0.39, 0.29) is 17.5 Å². The van der Waals surface area contributed by atoms with E-state index >= 15 is 0 Å². The van der Waals surface area contributed by atoms with Gasteiger partial charge in [-0.05, 0) is 18.6 Å². The molecule has 1 fully saturated rings. The zero-order valence-electron chi connectivity index (χ0n) is 12.1. The number of hydrogen-bond donors (Lipinski definition) is 1. The first-order valence-electron chi connectivity index (χ1n) is 6.98. The summed E-state index contributed by atoms with van der Waals surface area (Å²) in [4.78, 5) is 0.242. The van der Waals surface area contributed by atoms with Crippen LogP contribution in [0.3, 0.4) is 0 Å². The highest BCUT2D eigenvalue weighted by atomic mass is 32.2. The standard InChI is InChI=1S/C15H20N2O3S/c1-2-14-12-20-11-10-17(14)21(18,19)15-8-4-3-6-13(15)7-5-9-16/h3-4,6,8,14H,2,9-12,16H2,1H3. The van der Waals surface area contributed by atoms with Crippen LogP contribution < -0.4 is 5.73 Å². The van der Waals surface area contributed by atoms with Gasteiger partial charge in [0, 0.05) is 18.2 Å². The number of nitrogens with zero attached hydrogens (tertiary/aromatic N) is 1. The van der Waals surface area contributed by atoms with Gasteiger partial charge in [0.15, 0.2) is 0 Å². The van der Waals surface area contributed by atoms with Crippen LogP contribution in [-0.2, 0) is 14.8 Å². The molecule has 0 aliphatic carbocycles. The Kier molecular flexibility index (Phi) is 5.37. The van der Waals surface area contributed by atoms with E-state index < -0.39 is 10.0 Å². The zero-order valence-corrected chi connectivity index (χ0v) is 12.9. The Hall–Kier alpha value is -1.39. The molecule has 0 amide bonds.